The van der Waals surface area contributed by atoms with Gasteiger partial charge in [0.15, 0.2) is 5.82 Å². The van der Waals surface area contributed by atoms with Crippen molar-refractivity contribution in [2.75, 3.05) is 0 Å². The summed E-state index contributed by atoms with van der Waals surface area (Å²) in [7, 11) is 0. The molecule has 0 aromatic carbocycles. The lowest BCUT2D eigenvalue weighted by atomic mass is 10.1. The molecule has 0 amide bonds. The molecule has 0 saturated heterocycles. The summed E-state index contributed by atoms with van der Waals surface area (Å²) >= 11 is 1.72. The Bertz CT molecular complexity index is 726. The summed E-state index contributed by atoms with van der Waals surface area (Å²) in [5.74, 6) is 0.744. The lowest BCUT2D eigenvalue weighted by molar-refractivity contribution is 0.568. The van der Waals surface area contributed by atoms with E-state index in [0.29, 0.717) is 0 Å². The van der Waals surface area contributed by atoms with Gasteiger partial charge in [0.2, 0.25) is 0 Å². The Labute approximate surface area is 134 Å². The fourth-order valence-corrected chi connectivity index (χ4v) is 2.98. The zero-order valence-corrected chi connectivity index (χ0v) is 13.5. The number of nitrogens with zero attached hydrogens (tertiary/aromatic N) is 3. The maximum atomic E-state index is 4.63. The third-order valence-corrected chi connectivity index (χ3v) is 4.35. The average Bonchev–Trinajstić information content (AvgIpc) is 3.07. The molecule has 1 N–H and O–H groups in total. The molecule has 0 unspecified atom stereocenters. The van der Waals surface area contributed by atoms with E-state index in [1.165, 1.54) is 5.56 Å². The van der Waals surface area contributed by atoms with E-state index in [2.05, 4.69) is 44.0 Å². The van der Waals surface area contributed by atoms with Crippen molar-refractivity contribution in [2.45, 2.75) is 26.4 Å². The first kappa shape index (κ1) is 14.8. The van der Waals surface area contributed by atoms with Crippen molar-refractivity contribution in [2.24, 2.45) is 0 Å². The molecule has 3 heterocycles. The molecule has 0 radical (unpaired) electrons. The summed E-state index contributed by atoms with van der Waals surface area (Å²) in [4.78, 5) is 13.2. The predicted octanol–water partition coefficient (Wildman–Crippen LogP) is 3.76. The average molecular weight is 310 g/mol. The largest absolute Gasteiger partial charge is 0.306 e. The van der Waals surface area contributed by atoms with Crippen LogP contribution in [0.3, 0.4) is 0 Å². The van der Waals surface area contributed by atoms with Crippen molar-refractivity contribution in [1.82, 2.24) is 20.3 Å². The quantitative estimate of drug-likeness (QED) is 0.779. The Morgan fingerprint density at radius 2 is 2.05 bits per heavy atom. The van der Waals surface area contributed by atoms with E-state index in [1.54, 1.807) is 23.7 Å². The van der Waals surface area contributed by atoms with E-state index in [-0.39, 0.29) is 6.04 Å². The summed E-state index contributed by atoms with van der Waals surface area (Å²) in [6.07, 6.45) is 5.43. The third kappa shape index (κ3) is 3.37. The van der Waals surface area contributed by atoms with Crippen LogP contribution in [0, 0.1) is 6.92 Å². The molecule has 0 bridgehead atoms. The minimum absolute atomic E-state index is 0.214. The third-order valence-electron chi connectivity index (χ3n) is 3.61. The number of rotatable bonds is 5. The molecule has 0 saturated carbocycles. The summed E-state index contributed by atoms with van der Waals surface area (Å²) in [6.45, 7) is 5.03. The molecule has 0 fully saturated rings. The normalized spacial score (nSPS) is 12.3. The van der Waals surface area contributed by atoms with Crippen LogP contribution in [-0.4, -0.2) is 15.0 Å². The molecule has 3 aromatic heterocycles. The monoisotopic (exact) mass is 310 g/mol. The minimum Gasteiger partial charge on any atom is -0.306 e. The second-order valence-corrected chi connectivity index (χ2v) is 5.98. The Kier molecular flexibility index (Phi) is 4.56. The highest BCUT2D eigenvalue weighted by atomic mass is 32.1. The Balaban J connectivity index is 1.74. The predicted molar refractivity (Wildman–Crippen MR) is 89.6 cm³/mol. The van der Waals surface area contributed by atoms with Crippen molar-refractivity contribution in [3.05, 3.63) is 64.4 Å². The van der Waals surface area contributed by atoms with Crippen LogP contribution in [0.15, 0.2) is 47.5 Å². The fraction of sp³-hybridized carbons (Fsp3) is 0.235. The van der Waals surface area contributed by atoms with E-state index in [9.17, 15) is 0 Å². The van der Waals surface area contributed by atoms with Gasteiger partial charge in [-0.05, 0) is 48.4 Å². The maximum absolute atomic E-state index is 4.63. The van der Waals surface area contributed by atoms with Gasteiger partial charge >= 0.3 is 0 Å². The molecule has 0 spiro atoms. The van der Waals surface area contributed by atoms with Gasteiger partial charge in [0.25, 0.3) is 0 Å². The molecule has 22 heavy (non-hydrogen) atoms. The van der Waals surface area contributed by atoms with E-state index < -0.39 is 0 Å². The van der Waals surface area contributed by atoms with Crippen molar-refractivity contribution in [3.63, 3.8) is 0 Å². The van der Waals surface area contributed by atoms with Gasteiger partial charge in [-0.15, -0.1) is 0 Å². The lowest BCUT2D eigenvalue weighted by Gasteiger charge is -2.16. The highest BCUT2D eigenvalue weighted by molar-refractivity contribution is 7.07. The molecule has 5 heteroatoms. The van der Waals surface area contributed by atoms with Crippen LogP contribution in [0.2, 0.25) is 0 Å². The second-order valence-electron chi connectivity index (χ2n) is 5.20. The topological polar surface area (TPSA) is 50.7 Å². The van der Waals surface area contributed by atoms with Gasteiger partial charge in [-0.1, -0.05) is 0 Å². The Morgan fingerprint density at radius 1 is 1.23 bits per heavy atom. The number of pyridine rings is 1. The van der Waals surface area contributed by atoms with Gasteiger partial charge in [0.1, 0.15) is 0 Å². The first-order valence-electron chi connectivity index (χ1n) is 7.22. The van der Waals surface area contributed by atoms with Gasteiger partial charge in [-0.3, -0.25) is 4.98 Å². The highest BCUT2D eigenvalue weighted by Gasteiger charge is 2.11. The number of nitrogens with one attached hydrogen (secondary N) is 1. The zero-order valence-electron chi connectivity index (χ0n) is 12.7. The number of aromatic nitrogens is 3. The van der Waals surface area contributed by atoms with E-state index in [4.69, 9.17) is 0 Å². The van der Waals surface area contributed by atoms with Crippen molar-refractivity contribution in [3.8, 4) is 11.4 Å². The number of hydrogen-bond acceptors (Lipinski definition) is 5. The molecule has 0 aliphatic carbocycles. The lowest BCUT2D eigenvalue weighted by Crippen LogP contribution is -2.19. The molecule has 0 aliphatic heterocycles. The summed E-state index contributed by atoms with van der Waals surface area (Å²) < 4.78 is 0. The SMILES string of the molecule is Cc1nc(-c2ccncc2)ncc1[C@@H](C)NCc1ccsc1. The van der Waals surface area contributed by atoms with Crippen LogP contribution in [-0.2, 0) is 6.54 Å². The number of aryl methyl sites for hydroxylation is 1. The zero-order chi connectivity index (χ0) is 15.4. The van der Waals surface area contributed by atoms with Gasteiger partial charge < -0.3 is 5.32 Å². The van der Waals surface area contributed by atoms with E-state index >= 15 is 0 Å². The smallest absolute Gasteiger partial charge is 0.159 e. The number of thiophene rings is 1. The molecule has 3 rings (SSSR count). The molecule has 0 aliphatic rings. The number of hydrogen-bond donors (Lipinski definition) is 1. The minimum atomic E-state index is 0.214. The second kappa shape index (κ2) is 6.77. The Morgan fingerprint density at radius 3 is 2.73 bits per heavy atom. The first-order valence-corrected chi connectivity index (χ1v) is 8.16. The van der Waals surface area contributed by atoms with Crippen LogP contribution in [0.5, 0.6) is 0 Å². The van der Waals surface area contributed by atoms with Gasteiger partial charge in [-0.2, -0.15) is 11.3 Å². The standard InChI is InChI=1S/C17H18N4S/c1-12(19-9-14-5-8-22-11-14)16-10-20-17(21-13(16)2)15-3-6-18-7-4-15/h3-8,10-12,19H,9H2,1-2H3/t12-/m1/s1. The van der Waals surface area contributed by atoms with Crippen LogP contribution in [0.4, 0.5) is 0 Å². The van der Waals surface area contributed by atoms with Crippen LogP contribution in [0.25, 0.3) is 11.4 Å². The van der Waals surface area contributed by atoms with Gasteiger partial charge in [-0.25, -0.2) is 9.97 Å². The van der Waals surface area contributed by atoms with Crippen molar-refractivity contribution >= 4 is 11.3 Å². The molecule has 112 valence electrons. The van der Waals surface area contributed by atoms with Crippen molar-refractivity contribution in [1.29, 1.82) is 0 Å². The van der Waals surface area contributed by atoms with Crippen molar-refractivity contribution < 1.29 is 0 Å². The molecule has 3 aromatic rings. The van der Waals surface area contributed by atoms with Gasteiger partial charge in [0.05, 0.1) is 0 Å². The van der Waals surface area contributed by atoms with Gasteiger partial charge in [0, 0.05) is 48.0 Å². The Hall–Kier alpha value is -2.11. The summed E-state index contributed by atoms with van der Waals surface area (Å²) in [5.41, 5.74) is 4.44. The first-order chi connectivity index (χ1) is 10.7. The summed E-state index contributed by atoms with van der Waals surface area (Å²) in [6, 6.07) is 6.20. The van der Waals surface area contributed by atoms with Crippen LogP contribution in [0.1, 0.15) is 29.8 Å². The molecule has 1 atom stereocenters. The highest BCUT2D eigenvalue weighted by Crippen LogP contribution is 2.20. The fourth-order valence-electron chi connectivity index (χ4n) is 2.32. The van der Waals surface area contributed by atoms with E-state index in [1.807, 2.05) is 25.3 Å². The molecular formula is C17H18N4S. The van der Waals surface area contributed by atoms with Crippen LogP contribution < -0.4 is 5.32 Å². The van der Waals surface area contributed by atoms with E-state index in [0.717, 1.165) is 29.2 Å². The maximum Gasteiger partial charge on any atom is 0.159 e. The molecular weight excluding hydrogens is 292 g/mol. The summed E-state index contributed by atoms with van der Waals surface area (Å²) in [5, 5.41) is 7.78. The van der Waals surface area contributed by atoms with Crippen LogP contribution >= 0.6 is 11.3 Å². The molecule has 4 nitrogen and oxygen atoms in total.